The third-order valence-corrected chi connectivity index (χ3v) is 4.35. The molecular weight excluding hydrogens is 305 g/mol. The zero-order valence-corrected chi connectivity index (χ0v) is 13.3. The first-order valence-electron chi connectivity index (χ1n) is 6.75. The van der Waals surface area contributed by atoms with E-state index in [4.69, 9.17) is 4.74 Å². The maximum Gasteiger partial charge on any atom is 0.341 e. The Morgan fingerprint density at radius 2 is 1.91 bits per heavy atom. The normalized spacial score (nSPS) is 10.4. The van der Waals surface area contributed by atoms with Crippen LogP contribution in [0.25, 0.3) is 0 Å². The predicted molar refractivity (Wildman–Crippen MR) is 84.1 cm³/mol. The number of hydrogen-bond acceptors (Lipinski definition) is 4. The van der Waals surface area contributed by atoms with E-state index in [0.29, 0.717) is 22.5 Å². The Balaban J connectivity index is 2.34. The molecule has 1 heterocycles. The van der Waals surface area contributed by atoms with E-state index in [2.05, 4.69) is 5.32 Å². The molecule has 22 heavy (non-hydrogen) atoms. The van der Waals surface area contributed by atoms with Crippen molar-refractivity contribution in [3.8, 4) is 0 Å². The molecule has 0 fully saturated rings. The van der Waals surface area contributed by atoms with Gasteiger partial charge in [-0.25, -0.2) is 9.18 Å². The highest BCUT2D eigenvalue weighted by Crippen LogP contribution is 2.34. The number of ether oxygens (including phenoxy) is 1. The van der Waals surface area contributed by atoms with Gasteiger partial charge in [0.25, 0.3) is 5.91 Å². The summed E-state index contributed by atoms with van der Waals surface area (Å²) in [4.78, 5) is 25.1. The molecule has 0 aliphatic rings. The maximum absolute atomic E-state index is 12.9. The van der Waals surface area contributed by atoms with Crippen LogP contribution in [0.2, 0.25) is 0 Å². The number of benzene rings is 1. The monoisotopic (exact) mass is 321 g/mol. The predicted octanol–water partition coefficient (Wildman–Crippen LogP) is 3.80. The number of nitrogens with one attached hydrogen (secondary N) is 1. The molecule has 0 radical (unpaired) electrons. The van der Waals surface area contributed by atoms with Crippen LogP contribution in [0.15, 0.2) is 24.3 Å². The molecular formula is C16H16FNO3S. The van der Waals surface area contributed by atoms with E-state index >= 15 is 0 Å². The molecule has 1 aromatic carbocycles. The van der Waals surface area contributed by atoms with Crippen LogP contribution in [0.5, 0.6) is 0 Å². The van der Waals surface area contributed by atoms with E-state index < -0.39 is 17.7 Å². The molecule has 1 amide bonds. The number of amides is 1. The summed E-state index contributed by atoms with van der Waals surface area (Å²) in [7, 11) is 1.31. The zero-order valence-electron chi connectivity index (χ0n) is 12.5. The minimum absolute atomic E-state index is 0.321. The number of aryl methyl sites for hydroxylation is 1. The van der Waals surface area contributed by atoms with Crippen molar-refractivity contribution in [1.82, 2.24) is 0 Å². The molecule has 4 nitrogen and oxygen atoms in total. The number of rotatable bonds is 4. The summed E-state index contributed by atoms with van der Waals surface area (Å²) in [5, 5.41) is 3.17. The van der Waals surface area contributed by atoms with Crippen LogP contribution in [0.1, 0.15) is 38.1 Å². The van der Waals surface area contributed by atoms with Crippen molar-refractivity contribution in [3.05, 3.63) is 51.7 Å². The van der Waals surface area contributed by atoms with Gasteiger partial charge < -0.3 is 10.1 Å². The fraction of sp³-hybridized carbons (Fsp3) is 0.250. The number of thiophene rings is 1. The molecule has 116 valence electrons. The number of anilines is 1. The fourth-order valence-corrected chi connectivity index (χ4v) is 3.32. The van der Waals surface area contributed by atoms with E-state index in [9.17, 15) is 14.0 Å². The Labute approximate surface area is 131 Å². The molecule has 1 N–H and O–H groups in total. The molecule has 0 spiro atoms. The van der Waals surface area contributed by atoms with Gasteiger partial charge >= 0.3 is 5.97 Å². The van der Waals surface area contributed by atoms with Gasteiger partial charge in [0.1, 0.15) is 10.8 Å². The largest absolute Gasteiger partial charge is 0.465 e. The zero-order chi connectivity index (χ0) is 16.3. The minimum Gasteiger partial charge on any atom is -0.465 e. The van der Waals surface area contributed by atoms with Crippen LogP contribution < -0.4 is 5.32 Å². The van der Waals surface area contributed by atoms with Gasteiger partial charge in [0, 0.05) is 10.4 Å². The second-order valence-corrected chi connectivity index (χ2v) is 5.87. The summed E-state index contributed by atoms with van der Waals surface area (Å²) in [6.07, 6.45) is 0.666. The first kappa shape index (κ1) is 16.2. The second-order valence-electron chi connectivity index (χ2n) is 4.65. The van der Waals surface area contributed by atoms with Gasteiger partial charge in [-0.3, -0.25) is 4.79 Å². The van der Waals surface area contributed by atoms with Crippen LogP contribution in [0.3, 0.4) is 0 Å². The van der Waals surface area contributed by atoms with E-state index in [0.717, 1.165) is 10.4 Å². The average molecular weight is 321 g/mol. The van der Waals surface area contributed by atoms with Gasteiger partial charge in [0.05, 0.1) is 12.7 Å². The van der Waals surface area contributed by atoms with Gasteiger partial charge in [-0.1, -0.05) is 6.92 Å². The molecule has 1 aromatic heterocycles. The number of hydrogen-bond donors (Lipinski definition) is 1. The lowest BCUT2D eigenvalue weighted by molar-refractivity contribution is 0.0601. The Morgan fingerprint density at radius 1 is 1.27 bits per heavy atom. The summed E-state index contributed by atoms with van der Waals surface area (Å²) < 4.78 is 17.7. The molecule has 0 atom stereocenters. The third-order valence-electron chi connectivity index (χ3n) is 3.29. The topological polar surface area (TPSA) is 55.4 Å². The fourth-order valence-electron chi connectivity index (χ4n) is 2.19. The number of halogens is 1. The number of carbonyl (C=O) groups is 2. The molecule has 0 saturated heterocycles. The summed E-state index contributed by atoms with van der Waals surface area (Å²) in [5.74, 6) is -1.28. The number of methoxy groups -OCH3 is 1. The number of carbonyl (C=O) groups excluding carboxylic acids is 2. The third kappa shape index (κ3) is 3.17. The van der Waals surface area contributed by atoms with Gasteiger partial charge in [-0.2, -0.15) is 0 Å². The standard InChI is InChI=1S/C16H16FNO3S/c1-4-12-9(2)22-15(13(12)16(20)21-3)18-14(19)10-5-7-11(17)8-6-10/h5-8H,4H2,1-3H3,(H,18,19). The Bertz CT molecular complexity index is 707. The summed E-state index contributed by atoms with van der Waals surface area (Å²) >= 11 is 1.33. The van der Waals surface area contributed by atoms with Crippen LogP contribution >= 0.6 is 11.3 Å². The van der Waals surface area contributed by atoms with E-state index in [-0.39, 0.29) is 0 Å². The van der Waals surface area contributed by atoms with Crippen molar-refractivity contribution in [2.45, 2.75) is 20.3 Å². The number of esters is 1. The summed E-state index contributed by atoms with van der Waals surface area (Å²) in [5.41, 5.74) is 1.58. The van der Waals surface area contributed by atoms with Gasteiger partial charge in [-0.15, -0.1) is 11.3 Å². The van der Waals surface area contributed by atoms with Gasteiger partial charge in [-0.05, 0) is 43.2 Å². The molecule has 6 heteroatoms. The van der Waals surface area contributed by atoms with Crippen molar-refractivity contribution in [3.63, 3.8) is 0 Å². The molecule has 0 saturated carbocycles. The SMILES string of the molecule is CCc1c(C)sc(NC(=O)c2ccc(F)cc2)c1C(=O)OC. The van der Waals surface area contributed by atoms with Crippen molar-refractivity contribution in [2.24, 2.45) is 0 Å². The first-order valence-corrected chi connectivity index (χ1v) is 7.57. The van der Waals surface area contributed by atoms with Crippen LogP contribution in [-0.2, 0) is 11.2 Å². The lowest BCUT2D eigenvalue weighted by atomic mass is 10.1. The minimum atomic E-state index is -0.476. The molecule has 2 aromatic rings. The van der Waals surface area contributed by atoms with E-state index in [1.807, 2.05) is 13.8 Å². The van der Waals surface area contributed by atoms with Crippen molar-refractivity contribution in [2.75, 3.05) is 12.4 Å². The molecule has 0 bridgehead atoms. The molecule has 0 aliphatic carbocycles. The summed E-state index contributed by atoms with van der Waals surface area (Å²) in [6.45, 7) is 3.83. The van der Waals surface area contributed by atoms with Crippen molar-refractivity contribution < 1.29 is 18.7 Å². The van der Waals surface area contributed by atoms with Crippen molar-refractivity contribution in [1.29, 1.82) is 0 Å². The Morgan fingerprint density at radius 3 is 2.45 bits per heavy atom. The molecule has 0 unspecified atom stereocenters. The lowest BCUT2D eigenvalue weighted by Gasteiger charge is -2.07. The highest BCUT2D eigenvalue weighted by Gasteiger charge is 2.23. The Kier molecular flexibility index (Phi) is 4.92. The second kappa shape index (κ2) is 6.70. The van der Waals surface area contributed by atoms with Crippen molar-refractivity contribution >= 4 is 28.2 Å². The quantitative estimate of drug-likeness (QED) is 0.872. The van der Waals surface area contributed by atoms with E-state index in [1.165, 1.54) is 42.7 Å². The van der Waals surface area contributed by atoms with Gasteiger partial charge in [0.2, 0.25) is 0 Å². The van der Waals surface area contributed by atoms with E-state index in [1.54, 1.807) is 0 Å². The van der Waals surface area contributed by atoms with Crippen LogP contribution in [0.4, 0.5) is 9.39 Å². The highest BCUT2D eigenvalue weighted by atomic mass is 32.1. The van der Waals surface area contributed by atoms with Crippen LogP contribution in [-0.4, -0.2) is 19.0 Å². The summed E-state index contributed by atoms with van der Waals surface area (Å²) in [6, 6.07) is 5.22. The first-order chi connectivity index (χ1) is 10.5. The highest BCUT2D eigenvalue weighted by molar-refractivity contribution is 7.16. The molecule has 2 rings (SSSR count). The Hall–Kier alpha value is -2.21. The smallest absolute Gasteiger partial charge is 0.341 e. The molecule has 0 aliphatic heterocycles. The maximum atomic E-state index is 12.9. The van der Waals surface area contributed by atoms with Crippen LogP contribution in [0, 0.1) is 12.7 Å². The van der Waals surface area contributed by atoms with Gasteiger partial charge in [0.15, 0.2) is 0 Å². The average Bonchev–Trinajstić information content (AvgIpc) is 2.82. The lowest BCUT2D eigenvalue weighted by Crippen LogP contribution is -2.14.